The molecule has 3 atom stereocenters. The average molecular weight is 463 g/mol. The highest BCUT2D eigenvalue weighted by Crippen LogP contribution is 2.51. The molecule has 2 aromatic rings. The number of carbonyl (C=O) groups is 3. The molecule has 1 heterocycles. The molecule has 2 aliphatic carbocycles. The first-order chi connectivity index (χ1) is 16.2. The van der Waals surface area contributed by atoms with Crippen LogP contribution in [-0.4, -0.2) is 53.2 Å². The van der Waals surface area contributed by atoms with Crippen LogP contribution in [0.5, 0.6) is 0 Å². The van der Waals surface area contributed by atoms with Gasteiger partial charge in [-0.1, -0.05) is 48.5 Å². The van der Waals surface area contributed by atoms with E-state index in [1.54, 1.807) is 18.7 Å². The summed E-state index contributed by atoms with van der Waals surface area (Å²) in [5.74, 6) is -0.906. The van der Waals surface area contributed by atoms with E-state index in [0.29, 0.717) is 13.1 Å². The first-order valence-corrected chi connectivity index (χ1v) is 11.9. The van der Waals surface area contributed by atoms with Crippen LogP contribution in [-0.2, 0) is 14.3 Å². The number of ether oxygens (including phenoxy) is 1. The van der Waals surface area contributed by atoms with Gasteiger partial charge in [-0.25, -0.2) is 4.79 Å². The molecule has 2 amide bonds. The number of benzene rings is 2. The monoisotopic (exact) mass is 462 g/mol. The Balaban J connectivity index is 1.16. The van der Waals surface area contributed by atoms with Crippen LogP contribution in [0.2, 0.25) is 0 Å². The van der Waals surface area contributed by atoms with Gasteiger partial charge in [0.2, 0.25) is 5.91 Å². The minimum Gasteiger partial charge on any atom is -0.481 e. The van der Waals surface area contributed by atoms with Crippen molar-refractivity contribution in [2.24, 2.45) is 17.8 Å². The smallest absolute Gasteiger partial charge is 0.407 e. The fourth-order valence-corrected chi connectivity index (χ4v) is 5.78. The van der Waals surface area contributed by atoms with E-state index in [9.17, 15) is 19.5 Å². The quantitative estimate of drug-likeness (QED) is 0.679. The second-order valence-electron chi connectivity index (χ2n) is 10.3. The Hall–Kier alpha value is -3.35. The molecular weight excluding hydrogens is 432 g/mol. The van der Waals surface area contributed by atoms with Crippen molar-refractivity contribution in [1.29, 1.82) is 0 Å². The molecule has 0 aromatic heterocycles. The lowest BCUT2D eigenvalue weighted by Gasteiger charge is -2.31. The van der Waals surface area contributed by atoms with Crippen LogP contribution < -0.4 is 5.32 Å². The fraction of sp³-hybridized carbons (Fsp3) is 0.444. The van der Waals surface area contributed by atoms with Crippen molar-refractivity contribution in [1.82, 2.24) is 10.2 Å². The van der Waals surface area contributed by atoms with Gasteiger partial charge in [-0.2, -0.15) is 0 Å². The summed E-state index contributed by atoms with van der Waals surface area (Å²) < 4.78 is 5.63. The van der Waals surface area contributed by atoms with Crippen molar-refractivity contribution >= 4 is 18.0 Å². The summed E-state index contributed by atoms with van der Waals surface area (Å²) in [4.78, 5) is 38.5. The number of rotatable bonds is 6. The summed E-state index contributed by atoms with van der Waals surface area (Å²) in [6, 6.07) is 16.3. The molecule has 7 heteroatoms. The minimum absolute atomic E-state index is 0.0232. The van der Waals surface area contributed by atoms with Crippen LogP contribution in [0.15, 0.2) is 48.5 Å². The first-order valence-electron chi connectivity index (χ1n) is 11.9. The number of carboxylic acids is 1. The maximum Gasteiger partial charge on any atom is 0.407 e. The Morgan fingerprint density at radius 3 is 2.26 bits per heavy atom. The lowest BCUT2D eigenvalue weighted by molar-refractivity contribution is -0.139. The van der Waals surface area contributed by atoms with Crippen molar-refractivity contribution in [2.75, 3.05) is 19.7 Å². The summed E-state index contributed by atoms with van der Waals surface area (Å²) >= 11 is 0. The zero-order chi connectivity index (χ0) is 24.0. The summed E-state index contributed by atoms with van der Waals surface area (Å²) in [5, 5.41) is 12.1. The lowest BCUT2D eigenvalue weighted by atomic mass is 9.98. The number of carbonyl (C=O) groups excluding carboxylic acids is 2. The van der Waals surface area contributed by atoms with Gasteiger partial charge >= 0.3 is 12.1 Å². The van der Waals surface area contributed by atoms with Gasteiger partial charge < -0.3 is 20.1 Å². The molecule has 2 aromatic carbocycles. The van der Waals surface area contributed by atoms with Gasteiger partial charge in [0.15, 0.2) is 0 Å². The molecule has 3 aliphatic rings. The van der Waals surface area contributed by atoms with E-state index >= 15 is 0 Å². The molecule has 1 saturated carbocycles. The molecule has 7 nitrogen and oxygen atoms in total. The van der Waals surface area contributed by atoms with E-state index in [1.165, 1.54) is 11.1 Å². The summed E-state index contributed by atoms with van der Waals surface area (Å²) in [7, 11) is 0. The van der Waals surface area contributed by atoms with Gasteiger partial charge in [0, 0.05) is 31.0 Å². The molecule has 0 spiro atoms. The van der Waals surface area contributed by atoms with E-state index in [4.69, 9.17) is 4.74 Å². The largest absolute Gasteiger partial charge is 0.481 e. The van der Waals surface area contributed by atoms with Gasteiger partial charge in [0.05, 0.1) is 5.92 Å². The molecule has 5 rings (SSSR count). The third-order valence-electron chi connectivity index (χ3n) is 7.51. The van der Waals surface area contributed by atoms with Crippen molar-refractivity contribution in [3.63, 3.8) is 0 Å². The molecule has 2 N–H and O–H groups in total. The van der Waals surface area contributed by atoms with Crippen LogP contribution in [0, 0.1) is 17.8 Å². The molecule has 1 unspecified atom stereocenters. The molecule has 0 radical (unpaired) electrons. The zero-order valence-electron chi connectivity index (χ0n) is 19.5. The van der Waals surface area contributed by atoms with Crippen LogP contribution in [0.4, 0.5) is 4.79 Å². The first kappa shape index (κ1) is 22.4. The van der Waals surface area contributed by atoms with Crippen LogP contribution in [0.25, 0.3) is 11.1 Å². The minimum atomic E-state index is -0.785. The second kappa shape index (κ2) is 8.46. The average Bonchev–Trinajstić information content (AvgIpc) is 3.44. The summed E-state index contributed by atoms with van der Waals surface area (Å²) in [5.41, 5.74) is 3.85. The zero-order valence-corrected chi connectivity index (χ0v) is 19.5. The van der Waals surface area contributed by atoms with E-state index in [0.717, 1.165) is 17.5 Å². The predicted octanol–water partition coefficient (Wildman–Crippen LogP) is 3.87. The molecule has 2 fully saturated rings. The number of alkyl carbamates (subject to hydrolysis) is 1. The number of carboxylic acid groups (broad SMARTS) is 1. The van der Waals surface area contributed by atoms with Crippen LogP contribution in [0.1, 0.15) is 43.7 Å². The number of fused-ring (bicyclic) bond motifs is 4. The second-order valence-corrected chi connectivity index (χ2v) is 10.3. The molecular formula is C27H30N2O5. The Bertz CT molecular complexity index is 1100. The molecule has 34 heavy (non-hydrogen) atoms. The molecule has 178 valence electrons. The number of piperidine rings is 1. The highest BCUT2D eigenvalue weighted by molar-refractivity contribution is 5.81. The van der Waals surface area contributed by atoms with Gasteiger partial charge in [-0.05, 0) is 54.4 Å². The Labute approximate surface area is 199 Å². The number of amides is 2. The number of hydrogen-bond acceptors (Lipinski definition) is 4. The van der Waals surface area contributed by atoms with E-state index in [1.807, 2.05) is 24.3 Å². The number of nitrogens with one attached hydrogen (secondary N) is 1. The normalized spacial score (nSPS) is 22.9. The Morgan fingerprint density at radius 1 is 1.03 bits per heavy atom. The number of likely N-dealkylation sites (tertiary alicyclic amines) is 1. The summed E-state index contributed by atoms with van der Waals surface area (Å²) in [6.45, 7) is 4.88. The van der Waals surface area contributed by atoms with E-state index in [-0.39, 0.29) is 42.6 Å². The van der Waals surface area contributed by atoms with Crippen molar-refractivity contribution in [2.45, 2.75) is 38.1 Å². The third kappa shape index (κ3) is 4.15. The number of hydrogen-bond donors (Lipinski definition) is 2. The van der Waals surface area contributed by atoms with Gasteiger partial charge in [0.25, 0.3) is 0 Å². The standard InChI is InChI=1S/C27H30N2O5/c1-27(2,13-23(30)29-12-11-20-21(14-29)24(20)25(31)32)28-26(33)34-15-22-18-9-5-3-7-16(18)17-8-4-6-10-19(17)22/h3-10,20-22,24H,11-15H2,1-2H3,(H,28,33)(H,31,32)/t20-,21+,24?/m1/s1. The fourth-order valence-electron chi connectivity index (χ4n) is 5.78. The van der Waals surface area contributed by atoms with E-state index < -0.39 is 17.6 Å². The third-order valence-corrected chi connectivity index (χ3v) is 7.51. The Morgan fingerprint density at radius 2 is 1.65 bits per heavy atom. The topological polar surface area (TPSA) is 95.9 Å². The van der Waals surface area contributed by atoms with Crippen LogP contribution >= 0.6 is 0 Å². The molecule has 1 aliphatic heterocycles. The van der Waals surface area contributed by atoms with Crippen molar-refractivity contribution in [3.05, 3.63) is 59.7 Å². The number of aliphatic carboxylic acids is 1. The highest BCUT2D eigenvalue weighted by Gasteiger charge is 2.57. The maximum atomic E-state index is 12.9. The SMILES string of the molecule is CC(C)(CC(=O)N1CC[C@H]2C(C(=O)O)[C@H]2C1)NC(=O)OCC1c2ccccc2-c2ccccc21. The van der Waals surface area contributed by atoms with Crippen molar-refractivity contribution in [3.8, 4) is 11.1 Å². The lowest BCUT2D eigenvalue weighted by Crippen LogP contribution is -2.49. The number of nitrogens with zero attached hydrogens (tertiary/aromatic N) is 1. The Kier molecular flexibility index (Phi) is 5.58. The van der Waals surface area contributed by atoms with Crippen molar-refractivity contribution < 1.29 is 24.2 Å². The van der Waals surface area contributed by atoms with Gasteiger partial charge in [0.1, 0.15) is 6.61 Å². The predicted molar refractivity (Wildman–Crippen MR) is 126 cm³/mol. The summed E-state index contributed by atoms with van der Waals surface area (Å²) in [6.07, 6.45) is 0.312. The highest BCUT2D eigenvalue weighted by atomic mass is 16.5. The molecule has 0 bridgehead atoms. The van der Waals surface area contributed by atoms with Crippen LogP contribution in [0.3, 0.4) is 0 Å². The van der Waals surface area contributed by atoms with Gasteiger partial charge in [-0.3, -0.25) is 9.59 Å². The maximum absolute atomic E-state index is 12.9. The van der Waals surface area contributed by atoms with Gasteiger partial charge in [-0.15, -0.1) is 0 Å². The van der Waals surface area contributed by atoms with E-state index in [2.05, 4.69) is 29.6 Å². The molecule has 1 saturated heterocycles.